The molecule has 3 amide bonds. The van der Waals surface area contributed by atoms with Gasteiger partial charge in [0.15, 0.2) is 0 Å². The molecule has 1 heterocycles. The lowest BCUT2D eigenvalue weighted by molar-refractivity contribution is -0.126. The van der Waals surface area contributed by atoms with Gasteiger partial charge in [-0.3, -0.25) is 14.1 Å². The van der Waals surface area contributed by atoms with Crippen LogP contribution < -0.4 is 16.0 Å². The number of alkyl carbamates (subject to hydrolysis) is 1. The second kappa shape index (κ2) is 11.7. The van der Waals surface area contributed by atoms with E-state index in [0.29, 0.717) is 13.0 Å². The van der Waals surface area contributed by atoms with E-state index in [4.69, 9.17) is 4.74 Å². The molecule has 3 unspecified atom stereocenters. The monoisotopic (exact) mass is 505 g/mol. The predicted octanol–water partition coefficient (Wildman–Crippen LogP) is 1.31. The van der Waals surface area contributed by atoms with Crippen molar-refractivity contribution in [2.45, 2.75) is 96.3 Å². The van der Waals surface area contributed by atoms with Crippen molar-refractivity contribution in [1.82, 2.24) is 16.0 Å². The Labute approximate surface area is 201 Å². The molecule has 2 rings (SSSR count). The van der Waals surface area contributed by atoms with Gasteiger partial charge in [-0.1, -0.05) is 27.7 Å². The van der Waals surface area contributed by atoms with Gasteiger partial charge in [0.25, 0.3) is 10.1 Å². The van der Waals surface area contributed by atoms with Crippen LogP contribution >= 0.6 is 0 Å². The van der Waals surface area contributed by atoms with E-state index in [1.807, 2.05) is 13.8 Å². The normalized spacial score (nSPS) is 23.6. The Balaban J connectivity index is 2.06. The van der Waals surface area contributed by atoms with Crippen molar-refractivity contribution in [3.63, 3.8) is 0 Å². The van der Waals surface area contributed by atoms with Gasteiger partial charge in [-0.05, 0) is 56.3 Å². The van der Waals surface area contributed by atoms with Gasteiger partial charge in [-0.2, -0.15) is 8.42 Å². The van der Waals surface area contributed by atoms with Crippen molar-refractivity contribution >= 4 is 28.0 Å². The minimum atomic E-state index is -4.91. The van der Waals surface area contributed by atoms with E-state index >= 15 is 0 Å². The van der Waals surface area contributed by atoms with Crippen LogP contribution in [0.4, 0.5) is 4.79 Å². The van der Waals surface area contributed by atoms with E-state index in [2.05, 4.69) is 29.8 Å². The summed E-state index contributed by atoms with van der Waals surface area (Å²) in [5.74, 6) is -1.68. The second-order valence-corrected chi connectivity index (χ2v) is 12.1. The highest BCUT2D eigenvalue weighted by molar-refractivity contribution is 7.86. The molecule has 1 saturated carbocycles. The van der Waals surface area contributed by atoms with Gasteiger partial charge in [0.2, 0.25) is 17.3 Å². The van der Waals surface area contributed by atoms with Crippen LogP contribution in [-0.4, -0.2) is 66.2 Å². The van der Waals surface area contributed by atoms with Gasteiger partial charge < -0.3 is 25.8 Å². The zero-order chi connectivity index (χ0) is 25.7. The van der Waals surface area contributed by atoms with Crippen molar-refractivity contribution in [2.75, 3.05) is 6.54 Å². The van der Waals surface area contributed by atoms with E-state index in [1.165, 1.54) is 0 Å². The first-order valence-electron chi connectivity index (χ1n) is 11.9. The maximum atomic E-state index is 13.0. The third-order valence-corrected chi connectivity index (χ3v) is 7.49. The Morgan fingerprint density at radius 3 is 2.29 bits per heavy atom. The Bertz CT molecular complexity index is 835. The van der Waals surface area contributed by atoms with Crippen molar-refractivity contribution in [3.05, 3.63) is 0 Å². The average molecular weight is 506 g/mol. The molecule has 1 saturated heterocycles. The summed E-state index contributed by atoms with van der Waals surface area (Å²) in [6, 6.07) is -2.49. The number of ether oxygens (including phenoxy) is 1. The Hall–Kier alpha value is -1.92. The number of aliphatic hydroxyl groups is 1. The summed E-state index contributed by atoms with van der Waals surface area (Å²) >= 11 is 0. The van der Waals surface area contributed by atoms with Gasteiger partial charge in [0.05, 0.1) is 6.04 Å². The van der Waals surface area contributed by atoms with Gasteiger partial charge in [0.1, 0.15) is 12.1 Å². The topological polar surface area (TPSA) is 171 Å². The lowest BCUT2D eigenvalue weighted by Gasteiger charge is -2.34. The number of hydrogen-bond acceptors (Lipinski definition) is 7. The number of amides is 3. The molecule has 0 bridgehead atoms. The fourth-order valence-corrected chi connectivity index (χ4v) is 5.03. The smallest absolute Gasteiger partial charge is 0.408 e. The molecule has 0 aromatic heterocycles. The van der Waals surface area contributed by atoms with Crippen molar-refractivity contribution < 1.29 is 37.2 Å². The molecule has 0 radical (unpaired) electrons. The highest BCUT2D eigenvalue weighted by Gasteiger charge is 2.38. The third-order valence-electron chi connectivity index (χ3n) is 6.55. The van der Waals surface area contributed by atoms with Crippen LogP contribution in [0.15, 0.2) is 0 Å². The van der Waals surface area contributed by atoms with E-state index < -0.39 is 45.6 Å². The zero-order valence-electron chi connectivity index (χ0n) is 20.4. The second-order valence-electron chi connectivity index (χ2n) is 10.6. The van der Waals surface area contributed by atoms with Crippen molar-refractivity contribution in [1.29, 1.82) is 0 Å². The third kappa shape index (κ3) is 8.70. The standard InChI is InChI=1S/C22H39N3O8S/c1-13(2)11-16(25-21(29)33-15-5-8-22(3,4)9-6-15)19(27)24-17(20(28)34(30,31)32)12-14-7-10-23-18(14)26/h13-17,20,28H,5-12H2,1-4H3,(H,23,26)(H,24,27)(H,25,29)(H,30,31,32)/t14-,16?,17?,20?/m0/s1. The largest absolute Gasteiger partial charge is 0.446 e. The Morgan fingerprint density at radius 2 is 1.79 bits per heavy atom. The molecule has 0 spiro atoms. The van der Waals surface area contributed by atoms with Crippen LogP contribution in [-0.2, 0) is 24.4 Å². The quantitative estimate of drug-likeness (QED) is 0.277. The summed E-state index contributed by atoms with van der Waals surface area (Å²) in [6.45, 7) is 8.43. The molecule has 1 aliphatic carbocycles. The van der Waals surface area contributed by atoms with Crippen LogP contribution in [0.5, 0.6) is 0 Å². The predicted molar refractivity (Wildman–Crippen MR) is 124 cm³/mol. The maximum absolute atomic E-state index is 13.0. The molecule has 0 aromatic carbocycles. The van der Waals surface area contributed by atoms with Crippen LogP contribution in [0.25, 0.3) is 0 Å². The first-order valence-corrected chi connectivity index (χ1v) is 13.4. The lowest BCUT2D eigenvalue weighted by atomic mass is 9.76. The molecule has 5 N–H and O–H groups in total. The summed E-state index contributed by atoms with van der Waals surface area (Å²) in [6.07, 6.45) is 2.77. The highest BCUT2D eigenvalue weighted by atomic mass is 32.2. The molecule has 34 heavy (non-hydrogen) atoms. The number of carbonyl (C=O) groups excluding carboxylic acids is 3. The zero-order valence-corrected chi connectivity index (χ0v) is 21.2. The van der Waals surface area contributed by atoms with Crippen LogP contribution in [0.3, 0.4) is 0 Å². The molecular weight excluding hydrogens is 466 g/mol. The van der Waals surface area contributed by atoms with Gasteiger partial charge in [-0.15, -0.1) is 0 Å². The van der Waals surface area contributed by atoms with Crippen molar-refractivity contribution in [3.8, 4) is 0 Å². The van der Waals surface area contributed by atoms with Gasteiger partial charge in [-0.25, -0.2) is 4.79 Å². The minimum absolute atomic E-state index is 0.00270. The maximum Gasteiger partial charge on any atom is 0.408 e. The number of hydrogen-bond donors (Lipinski definition) is 5. The number of carbonyl (C=O) groups is 3. The lowest BCUT2D eigenvalue weighted by Crippen LogP contribution is -2.55. The molecular formula is C22H39N3O8S. The Kier molecular flexibility index (Phi) is 9.72. The summed E-state index contributed by atoms with van der Waals surface area (Å²) < 4.78 is 38.0. The molecule has 1 aliphatic heterocycles. The average Bonchev–Trinajstić information content (AvgIpc) is 3.11. The summed E-state index contributed by atoms with van der Waals surface area (Å²) in [4.78, 5) is 37.5. The SMILES string of the molecule is CC(C)CC(NC(=O)OC1CCC(C)(C)CC1)C(=O)NC(C[C@@H]1CCNC1=O)C(O)S(=O)(=O)O. The van der Waals surface area contributed by atoms with Crippen LogP contribution in [0, 0.1) is 17.3 Å². The number of nitrogens with one attached hydrogen (secondary N) is 3. The van der Waals surface area contributed by atoms with E-state index in [0.717, 1.165) is 25.7 Å². The van der Waals surface area contributed by atoms with E-state index in [9.17, 15) is 32.5 Å². The molecule has 4 atom stereocenters. The summed E-state index contributed by atoms with van der Waals surface area (Å²) in [7, 11) is -4.91. The van der Waals surface area contributed by atoms with Gasteiger partial charge >= 0.3 is 6.09 Å². The fourth-order valence-electron chi connectivity index (χ4n) is 4.44. The van der Waals surface area contributed by atoms with Crippen LogP contribution in [0.2, 0.25) is 0 Å². The van der Waals surface area contributed by atoms with E-state index in [1.54, 1.807) is 0 Å². The first-order chi connectivity index (χ1) is 15.7. The highest BCUT2D eigenvalue weighted by Crippen LogP contribution is 2.36. The molecule has 12 heteroatoms. The minimum Gasteiger partial charge on any atom is -0.446 e. The summed E-state index contributed by atoms with van der Waals surface area (Å²) in [5.41, 5.74) is -2.11. The molecule has 2 fully saturated rings. The van der Waals surface area contributed by atoms with Crippen LogP contribution in [0.1, 0.15) is 72.6 Å². The molecule has 11 nitrogen and oxygen atoms in total. The first kappa shape index (κ1) is 28.3. The molecule has 196 valence electrons. The Morgan fingerprint density at radius 1 is 1.18 bits per heavy atom. The van der Waals surface area contributed by atoms with Gasteiger partial charge in [0, 0.05) is 12.5 Å². The molecule has 0 aromatic rings. The van der Waals surface area contributed by atoms with Crippen molar-refractivity contribution in [2.24, 2.45) is 17.3 Å². The van der Waals surface area contributed by atoms with E-state index in [-0.39, 0.29) is 36.2 Å². The number of rotatable bonds is 10. The summed E-state index contributed by atoms with van der Waals surface area (Å²) in [5, 5.41) is 17.7. The number of aliphatic hydroxyl groups excluding tert-OH is 1. The molecule has 2 aliphatic rings. The fraction of sp³-hybridized carbons (Fsp3) is 0.864.